The molecule has 0 fully saturated rings. The van der Waals surface area contributed by atoms with E-state index in [4.69, 9.17) is 23.2 Å². The van der Waals surface area contributed by atoms with Gasteiger partial charge in [0.25, 0.3) is 11.8 Å². The smallest absolute Gasteiger partial charge is 0.267 e. The molecule has 2 amide bonds. The summed E-state index contributed by atoms with van der Waals surface area (Å²) < 4.78 is 0. The number of carbonyl (C=O) groups is 2. The molecule has 6 heteroatoms. The Labute approximate surface area is 153 Å². The molecule has 25 heavy (non-hydrogen) atoms. The zero-order chi connectivity index (χ0) is 17.6. The summed E-state index contributed by atoms with van der Waals surface area (Å²) in [5, 5.41) is 7.17. The van der Waals surface area contributed by atoms with Gasteiger partial charge in [0, 0.05) is 10.9 Å². The summed E-state index contributed by atoms with van der Waals surface area (Å²) in [5.41, 5.74) is 1.33. The monoisotopic (exact) mass is 368 g/mol. The summed E-state index contributed by atoms with van der Waals surface area (Å²) >= 11 is 12.2. The number of hydrogen-bond acceptors (Lipinski definition) is 3. The summed E-state index contributed by atoms with van der Waals surface area (Å²) in [6, 6.07) is 15.7. The second-order valence-corrected chi connectivity index (χ2v) is 6.33. The first-order valence-electron chi connectivity index (χ1n) is 7.46. The summed E-state index contributed by atoms with van der Waals surface area (Å²) in [7, 11) is 0. The van der Waals surface area contributed by atoms with Crippen molar-refractivity contribution in [3.05, 3.63) is 81.3 Å². The molecule has 0 aliphatic carbocycles. The maximum atomic E-state index is 12.7. The summed E-state index contributed by atoms with van der Waals surface area (Å²) in [4.78, 5) is 25.5. The minimum Gasteiger partial charge on any atom is -0.267 e. The Balaban J connectivity index is 1.82. The third-order valence-corrected chi connectivity index (χ3v) is 4.71. The van der Waals surface area contributed by atoms with E-state index in [0.717, 1.165) is 10.4 Å². The SMILES string of the molecule is O=C1c2cccc3cccc(c23)C(=O)N1/N=C/c1c(Cl)cccc1Cl. The lowest BCUT2D eigenvalue weighted by atomic mass is 9.95. The van der Waals surface area contributed by atoms with Crippen molar-refractivity contribution < 1.29 is 9.59 Å². The van der Waals surface area contributed by atoms with Crippen LogP contribution in [0.1, 0.15) is 26.3 Å². The predicted molar refractivity (Wildman–Crippen MR) is 98.5 cm³/mol. The second kappa shape index (κ2) is 5.99. The molecule has 4 nitrogen and oxygen atoms in total. The molecular formula is C19H10Cl2N2O2. The highest BCUT2D eigenvalue weighted by molar-refractivity contribution is 6.38. The molecular weight excluding hydrogens is 359 g/mol. The van der Waals surface area contributed by atoms with Crippen LogP contribution in [0.2, 0.25) is 10.0 Å². The van der Waals surface area contributed by atoms with Crippen molar-refractivity contribution in [2.75, 3.05) is 0 Å². The molecule has 0 radical (unpaired) electrons. The quantitative estimate of drug-likeness (QED) is 0.482. The topological polar surface area (TPSA) is 49.7 Å². The first-order chi connectivity index (χ1) is 12.1. The first kappa shape index (κ1) is 15.8. The van der Waals surface area contributed by atoms with Gasteiger partial charge in [-0.05, 0) is 29.7 Å². The number of rotatable bonds is 2. The van der Waals surface area contributed by atoms with Crippen LogP contribution in [0.5, 0.6) is 0 Å². The van der Waals surface area contributed by atoms with Crippen LogP contribution in [0.25, 0.3) is 10.8 Å². The Morgan fingerprint density at radius 3 is 1.88 bits per heavy atom. The van der Waals surface area contributed by atoms with E-state index in [1.165, 1.54) is 6.21 Å². The largest absolute Gasteiger partial charge is 0.282 e. The summed E-state index contributed by atoms with van der Waals surface area (Å²) in [6.07, 6.45) is 1.33. The second-order valence-electron chi connectivity index (χ2n) is 5.51. The molecule has 0 N–H and O–H groups in total. The molecule has 0 bridgehead atoms. The van der Waals surface area contributed by atoms with Crippen LogP contribution in [0.3, 0.4) is 0 Å². The van der Waals surface area contributed by atoms with E-state index in [1.54, 1.807) is 42.5 Å². The average Bonchev–Trinajstić information content (AvgIpc) is 2.61. The molecule has 1 aliphatic rings. The molecule has 4 rings (SSSR count). The van der Waals surface area contributed by atoms with Crippen LogP contribution in [-0.4, -0.2) is 23.0 Å². The maximum absolute atomic E-state index is 12.7. The normalized spacial score (nSPS) is 13.9. The van der Waals surface area contributed by atoms with Crippen LogP contribution >= 0.6 is 23.2 Å². The van der Waals surface area contributed by atoms with Gasteiger partial charge >= 0.3 is 0 Å². The highest BCUT2D eigenvalue weighted by Gasteiger charge is 2.32. The standard InChI is InChI=1S/C19H10Cl2N2O2/c20-15-8-3-9-16(21)14(15)10-22-23-18(24)12-6-1-4-11-5-2-7-13(17(11)12)19(23)25/h1-10H/b22-10+. The van der Waals surface area contributed by atoms with Crippen molar-refractivity contribution in [2.24, 2.45) is 5.10 Å². The maximum Gasteiger partial charge on any atom is 0.282 e. The molecule has 0 aromatic heterocycles. The van der Waals surface area contributed by atoms with E-state index < -0.39 is 11.8 Å². The number of nitrogens with zero attached hydrogens (tertiary/aromatic N) is 2. The highest BCUT2D eigenvalue weighted by atomic mass is 35.5. The lowest BCUT2D eigenvalue weighted by molar-refractivity contribution is 0.0616. The molecule has 3 aromatic rings. The van der Waals surface area contributed by atoms with Crippen molar-refractivity contribution in [1.29, 1.82) is 0 Å². The van der Waals surface area contributed by atoms with E-state index in [9.17, 15) is 9.59 Å². The Kier molecular flexibility index (Phi) is 3.79. The minimum absolute atomic E-state index is 0.385. The molecule has 3 aromatic carbocycles. The van der Waals surface area contributed by atoms with Gasteiger partial charge in [0.05, 0.1) is 27.4 Å². The van der Waals surface area contributed by atoms with Crippen LogP contribution < -0.4 is 0 Å². The molecule has 0 atom stereocenters. The first-order valence-corrected chi connectivity index (χ1v) is 8.22. The van der Waals surface area contributed by atoms with Crippen molar-refractivity contribution in [1.82, 2.24) is 5.01 Å². The van der Waals surface area contributed by atoms with Gasteiger partial charge in [0.1, 0.15) is 0 Å². The Morgan fingerprint density at radius 2 is 1.32 bits per heavy atom. The number of halogens is 2. The minimum atomic E-state index is -0.478. The van der Waals surface area contributed by atoms with Gasteiger partial charge in [0.2, 0.25) is 0 Å². The Morgan fingerprint density at radius 1 is 0.800 bits per heavy atom. The van der Waals surface area contributed by atoms with Gasteiger partial charge in [0.15, 0.2) is 0 Å². The van der Waals surface area contributed by atoms with Crippen LogP contribution in [0.15, 0.2) is 59.7 Å². The number of amides is 2. The molecule has 122 valence electrons. The lowest BCUT2D eigenvalue weighted by Crippen LogP contribution is -2.36. The molecule has 1 heterocycles. The van der Waals surface area contributed by atoms with E-state index in [0.29, 0.717) is 32.1 Å². The number of hydrogen-bond donors (Lipinski definition) is 0. The Hall–Kier alpha value is -2.69. The van der Waals surface area contributed by atoms with Crippen LogP contribution in [-0.2, 0) is 0 Å². The molecule has 0 saturated heterocycles. The molecule has 0 saturated carbocycles. The number of benzene rings is 3. The summed E-state index contributed by atoms with van der Waals surface area (Å²) in [5.74, 6) is -0.956. The van der Waals surface area contributed by atoms with Gasteiger partial charge in [-0.15, -0.1) is 0 Å². The zero-order valence-corrected chi connectivity index (χ0v) is 14.3. The fraction of sp³-hybridized carbons (Fsp3) is 0. The molecule has 1 aliphatic heterocycles. The fourth-order valence-corrected chi connectivity index (χ4v) is 3.37. The van der Waals surface area contributed by atoms with E-state index in [2.05, 4.69) is 5.10 Å². The van der Waals surface area contributed by atoms with Crippen molar-refractivity contribution in [3.8, 4) is 0 Å². The van der Waals surface area contributed by atoms with E-state index in [1.807, 2.05) is 12.1 Å². The van der Waals surface area contributed by atoms with Crippen molar-refractivity contribution in [2.45, 2.75) is 0 Å². The third kappa shape index (κ3) is 2.51. The van der Waals surface area contributed by atoms with Crippen molar-refractivity contribution in [3.63, 3.8) is 0 Å². The van der Waals surface area contributed by atoms with Crippen LogP contribution in [0, 0.1) is 0 Å². The highest BCUT2D eigenvalue weighted by Crippen LogP contribution is 2.30. The molecule has 0 spiro atoms. The zero-order valence-electron chi connectivity index (χ0n) is 12.7. The average molecular weight is 369 g/mol. The van der Waals surface area contributed by atoms with Gasteiger partial charge in [-0.25, -0.2) is 0 Å². The van der Waals surface area contributed by atoms with Gasteiger partial charge in [-0.1, -0.05) is 53.5 Å². The Bertz CT molecular complexity index is 1010. The van der Waals surface area contributed by atoms with Crippen molar-refractivity contribution >= 4 is 52.0 Å². The predicted octanol–water partition coefficient (Wildman–Crippen LogP) is 4.78. The third-order valence-electron chi connectivity index (χ3n) is 4.05. The van der Waals surface area contributed by atoms with Gasteiger partial charge < -0.3 is 0 Å². The molecule has 0 unspecified atom stereocenters. The van der Waals surface area contributed by atoms with Gasteiger partial charge in [-0.3, -0.25) is 9.59 Å². The van der Waals surface area contributed by atoms with E-state index >= 15 is 0 Å². The van der Waals surface area contributed by atoms with E-state index in [-0.39, 0.29) is 0 Å². The number of imide groups is 1. The summed E-state index contributed by atoms with van der Waals surface area (Å²) in [6.45, 7) is 0. The number of hydrazone groups is 1. The lowest BCUT2D eigenvalue weighted by Gasteiger charge is -2.23. The van der Waals surface area contributed by atoms with Crippen LogP contribution in [0.4, 0.5) is 0 Å². The fourth-order valence-electron chi connectivity index (χ4n) is 2.87. The number of carbonyl (C=O) groups excluding carboxylic acids is 2. The van der Waals surface area contributed by atoms with Gasteiger partial charge in [-0.2, -0.15) is 10.1 Å².